The van der Waals surface area contributed by atoms with Crippen LogP contribution >= 0.6 is 11.6 Å². The minimum absolute atomic E-state index is 0.178. The van der Waals surface area contributed by atoms with Crippen LogP contribution in [0, 0.1) is 11.2 Å². The number of aromatic nitrogens is 1. The van der Waals surface area contributed by atoms with Crippen LogP contribution in [0.3, 0.4) is 0 Å². The van der Waals surface area contributed by atoms with Crippen molar-refractivity contribution in [1.29, 1.82) is 0 Å². The Labute approximate surface area is 110 Å². The van der Waals surface area contributed by atoms with E-state index in [1.54, 1.807) is 24.3 Å². The molecule has 2 aromatic rings. The summed E-state index contributed by atoms with van der Waals surface area (Å²) >= 11 is 5.68. The topological polar surface area (TPSA) is 47.0 Å². The molecular formula is C13H8ClNO2S. The second-order valence-corrected chi connectivity index (χ2v) is 5.48. The third-order valence-corrected chi connectivity index (χ3v) is 3.58. The highest BCUT2D eigenvalue weighted by Crippen LogP contribution is 2.10. The maximum atomic E-state index is 11.9. The fourth-order valence-electron chi connectivity index (χ4n) is 1.26. The molecule has 0 bridgehead atoms. The van der Waals surface area contributed by atoms with Gasteiger partial charge in [0.05, 0.1) is 4.90 Å². The van der Waals surface area contributed by atoms with Crippen LogP contribution in [0.4, 0.5) is 0 Å². The van der Waals surface area contributed by atoms with Crippen molar-refractivity contribution in [3.8, 4) is 11.2 Å². The lowest BCUT2D eigenvalue weighted by atomic mass is 10.3. The zero-order valence-corrected chi connectivity index (χ0v) is 10.7. The highest BCUT2D eigenvalue weighted by Gasteiger charge is 2.08. The molecule has 5 heteroatoms. The van der Waals surface area contributed by atoms with Crippen molar-refractivity contribution in [3.05, 3.63) is 59.4 Å². The van der Waals surface area contributed by atoms with E-state index in [0.29, 0.717) is 5.56 Å². The molecule has 3 nitrogen and oxygen atoms in total. The smallest absolute Gasteiger partial charge is 0.244 e. The van der Waals surface area contributed by atoms with Crippen molar-refractivity contribution in [2.75, 3.05) is 0 Å². The summed E-state index contributed by atoms with van der Waals surface area (Å²) < 4.78 is 23.7. The molecule has 2 rings (SSSR count). The molecule has 0 radical (unpaired) electrons. The summed E-state index contributed by atoms with van der Waals surface area (Å²) in [6, 6.07) is 11.2. The second-order valence-electron chi connectivity index (χ2n) is 3.41. The lowest BCUT2D eigenvalue weighted by Crippen LogP contribution is -1.96. The molecule has 0 aliphatic rings. The molecule has 0 aliphatic carbocycles. The zero-order valence-electron chi connectivity index (χ0n) is 9.17. The lowest BCUT2D eigenvalue weighted by molar-refractivity contribution is 0.606. The van der Waals surface area contributed by atoms with Gasteiger partial charge in [0.1, 0.15) is 5.15 Å². The minimum Gasteiger partial charge on any atom is -0.244 e. The van der Waals surface area contributed by atoms with E-state index in [2.05, 4.69) is 16.2 Å². The Morgan fingerprint density at radius 2 is 1.83 bits per heavy atom. The van der Waals surface area contributed by atoms with E-state index in [4.69, 9.17) is 11.6 Å². The van der Waals surface area contributed by atoms with Crippen LogP contribution in [0.15, 0.2) is 53.6 Å². The number of hydrogen-bond donors (Lipinski definition) is 0. The van der Waals surface area contributed by atoms with Crippen molar-refractivity contribution >= 4 is 21.4 Å². The Kier molecular flexibility index (Phi) is 3.66. The first-order valence-electron chi connectivity index (χ1n) is 5.02. The van der Waals surface area contributed by atoms with E-state index in [0.717, 1.165) is 0 Å². The Morgan fingerprint density at radius 1 is 1.11 bits per heavy atom. The molecule has 0 saturated carbocycles. The summed E-state index contributed by atoms with van der Waals surface area (Å²) in [4.78, 5) is 3.97. The Morgan fingerprint density at radius 3 is 2.50 bits per heavy atom. The van der Waals surface area contributed by atoms with Crippen LogP contribution in [-0.2, 0) is 9.84 Å². The fourth-order valence-corrected chi connectivity index (χ4v) is 2.32. The maximum absolute atomic E-state index is 11.9. The standard InChI is InChI=1S/C13H8ClNO2S/c14-13-10-11(6-8-15-13)7-9-18(16,17)12-4-2-1-3-5-12/h1-6,8,10H. The number of rotatable bonds is 1. The minimum atomic E-state index is -3.60. The Hall–Kier alpha value is -1.83. The van der Waals surface area contributed by atoms with Gasteiger partial charge in [0.15, 0.2) is 0 Å². The number of sulfone groups is 1. The Balaban J connectivity index is 2.36. The van der Waals surface area contributed by atoms with Crippen LogP contribution in [0.25, 0.3) is 0 Å². The van der Waals surface area contributed by atoms with Crippen LogP contribution in [-0.4, -0.2) is 13.4 Å². The second kappa shape index (κ2) is 5.21. The van der Waals surface area contributed by atoms with Gasteiger partial charge in [-0.15, -0.1) is 0 Å². The van der Waals surface area contributed by atoms with Gasteiger partial charge in [-0.1, -0.05) is 29.8 Å². The molecular weight excluding hydrogens is 270 g/mol. The van der Waals surface area contributed by atoms with Gasteiger partial charge in [0, 0.05) is 17.0 Å². The molecule has 0 N–H and O–H groups in total. The molecule has 0 spiro atoms. The molecule has 1 aromatic carbocycles. The van der Waals surface area contributed by atoms with E-state index in [-0.39, 0.29) is 10.0 Å². The van der Waals surface area contributed by atoms with Gasteiger partial charge in [-0.25, -0.2) is 13.4 Å². The van der Waals surface area contributed by atoms with Gasteiger partial charge in [-0.05, 0) is 30.2 Å². The van der Waals surface area contributed by atoms with Gasteiger partial charge in [-0.3, -0.25) is 0 Å². The highest BCUT2D eigenvalue weighted by molar-refractivity contribution is 7.96. The number of pyridine rings is 1. The summed E-state index contributed by atoms with van der Waals surface area (Å²) in [6.07, 6.45) is 1.47. The van der Waals surface area contributed by atoms with Gasteiger partial charge in [-0.2, -0.15) is 0 Å². The first-order chi connectivity index (χ1) is 8.58. The van der Waals surface area contributed by atoms with Crippen LogP contribution < -0.4 is 0 Å². The summed E-state index contributed by atoms with van der Waals surface area (Å²) in [5.74, 6) is 2.56. The first-order valence-corrected chi connectivity index (χ1v) is 6.88. The predicted octanol–water partition coefficient (Wildman–Crippen LogP) is 2.52. The van der Waals surface area contributed by atoms with Crippen molar-refractivity contribution in [1.82, 2.24) is 4.98 Å². The quantitative estimate of drug-likeness (QED) is 0.594. The van der Waals surface area contributed by atoms with Gasteiger partial charge in [0.25, 0.3) is 0 Å². The molecule has 18 heavy (non-hydrogen) atoms. The summed E-state index contributed by atoms with van der Waals surface area (Å²) in [7, 11) is -3.60. The molecule has 0 amide bonds. The average Bonchev–Trinajstić information content (AvgIpc) is 2.38. The SMILES string of the molecule is O=S(=O)(C#Cc1ccnc(Cl)c1)c1ccccc1. The van der Waals surface area contributed by atoms with Crippen molar-refractivity contribution < 1.29 is 8.42 Å². The number of hydrogen-bond acceptors (Lipinski definition) is 3. The van der Waals surface area contributed by atoms with Crippen molar-refractivity contribution in [3.63, 3.8) is 0 Å². The molecule has 0 saturated heterocycles. The van der Waals surface area contributed by atoms with Crippen LogP contribution in [0.1, 0.15) is 5.56 Å². The molecule has 0 aliphatic heterocycles. The molecule has 1 aromatic heterocycles. The average molecular weight is 278 g/mol. The third-order valence-electron chi connectivity index (χ3n) is 2.11. The predicted molar refractivity (Wildman–Crippen MR) is 69.8 cm³/mol. The monoisotopic (exact) mass is 277 g/mol. The highest BCUT2D eigenvalue weighted by atomic mass is 35.5. The van der Waals surface area contributed by atoms with E-state index in [1.807, 2.05) is 0 Å². The van der Waals surface area contributed by atoms with E-state index >= 15 is 0 Å². The summed E-state index contributed by atoms with van der Waals surface area (Å²) in [5.41, 5.74) is 0.509. The van der Waals surface area contributed by atoms with Gasteiger partial charge in [0.2, 0.25) is 9.84 Å². The molecule has 0 atom stereocenters. The maximum Gasteiger partial charge on any atom is 0.245 e. The molecule has 0 fully saturated rings. The largest absolute Gasteiger partial charge is 0.245 e. The molecule has 90 valence electrons. The van der Waals surface area contributed by atoms with Gasteiger partial charge >= 0.3 is 0 Å². The lowest BCUT2D eigenvalue weighted by Gasteiger charge is -1.95. The van der Waals surface area contributed by atoms with Crippen LogP contribution in [0.2, 0.25) is 5.15 Å². The van der Waals surface area contributed by atoms with E-state index in [1.165, 1.54) is 24.4 Å². The fraction of sp³-hybridized carbons (Fsp3) is 0. The van der Waals surface area contributed by atoms with Crippen molar-refractivity contribution in [2.24, 2.45) is 0 Å². The molecule has 0 unspecified atom stereocenters. The molecule has 1 heterocycles. The summed E-state index contributed by atoms with van der Waals surface area (Å²) in [6.45, 7) is 0. The van der Waals surface area contributed by atoms with Crippen molar-refractivity contribution in [2.45, 2.75) is 4.90 Å². The number of halogens is 1. The summed E-state index contributed by atoms with van der Waals surface area (Å²) in [5, 5.41) is 2.53. The van der Waals surface area contributed by atoms with Gasteiger partial charge < -0.3 is 0 Å². The van der Waals surface area contributed by atoms with E-state index < -0.39 is 9.84 Å². The third kappa shape index (κ3) is 3.10. The zero-order chi connectivity index (χ0) is 13.0. The number of nitrogens with zero attached hydrogens (tertiary/aromatic N) is 1. The first kappa shape index (κ1) is 12.6. The Bertz CT molecular complexity index is 715. The normalized spacial score (nSPS) is 10.5. The van der Waals surface area contributed by atoms with Crippen LogP contribution in [0.5, 0.6) is 0 Å². The number of benzene rings is 1. The van der Waals surface area contributed by atoms with E-state index in [9.17, 15) is 8.42 Å².